The smallest absolute Gasteiger partial charge is 0.337 e. The third-order valence-corrected chi connectivity index (χ3v) is 6.05. The molecule has 2 saturated carbocycles. The van der Waals surface area contributed by atoms with Gasteiger partial charge in [-0.05, 0) is 51.4 Å². The average molecular weight is 355 g/mol. The van der Waals surface area contributed by atoms with Crippen LogP contribution < -0.4 is 5.73 Å². The summed E-state index contributed by atoms with van der Waals surface area (Å²) in [6.45, 7) is 2.22. The number of fused-ring (bicyclic) bond motifs is 1. The van der Waals surface area contributed by atoms with E-state index in [2.05, 4.69) is 0 Å². The van der Waals surface area contributed by atoms with Crippen LogP contribution in [0.25, 0.3) is 0 Å². The van der Waals surface area contributed by atoms with Crippen molar-refractivity contribution < 1.29 is 23.8 Å². The highest BCUT2D eigenvalue weighted by Crippen LogP contribution is 2.47. The quantitative estimate of drug-likeness (QED) is 0.741. The van der Waals surface area contributed by atoms with Gasteiger partial charge in [0.1, 0.15) is 18.0 Å². The molecule has 3 N–H and O–H groups in total. The lowest BCUT2D eigenvalue weighted by Crippen LogP contribution is -2.43. The van der Waals surface area contributed by atoms with Crippen molar-refractivity contribution >= 4 is 5.97 Å². The van der Waals surface area contributed by atoms with Crippen LogP contribution in [-0.4, -0.2) is 42.6 Å². The monoisotopic (exact) mass is 355 g/mol. The van der Waals surface area contributed by atoms with Crippen molar-refractivity contribution in [3.8, 4) is 0 Å². The molecule has 0 bridgehead atoms. The summed E-state index contributed by atoms with van der Waals surface area (Å²) in [5.74, 6) is 0.695. The number of alkyl halides is 1. The largest absolute Gasteiger partial charge is 0.493 e. The Morgan fingerprint density at radius 2 is 2.04 bits per heavy atom. The number of carbonyl (C=O) groups excluding carboxylic acids is 1. The van der Waals surface area contributed by atoms with Crippen LogP contribution >= 0.6 is 0 Å². The van der Waals surface area contributed by atoms with Crippen LogP contribution in [0.5, 0.6) is 0 Å². The van der Waals surface area contributed by atoms with Crippen LogP contribution in [-0.2, 0) is 14.3 Å². The van der Waals surface area contributed by atoms with Crippen molar-refractivity contribution in [2.75, 3.05) is 13.2 Å². The molecule has 6 heteroatoms. The number of hydrogen-bond donors (Lipinski definition) is 2. The normalized spacial score (nSPS) is 38.2. The second-order valence-corrected chi connectivity index (χ2v) is 7.62. The Morgan fingerprint density at radius 3 is 2.68 bits per heavy atom. The lowest BCUT2D eigenvalue weighted by Gasteiger charge is -2.36. The first-order valence-electron chi connectivity index (χ1n) is 9.63. The van der Waals surface area contributed by atoms with Gasteiger partial charge in [0.25, 0.3) is 0 Å². The van der Waals surface area contributed by atoms with E-state index in [1.807, 2.05) is 0 Å². The van der Waals surface area contributed by atoms with Gasteiger partial charge in [0.05, 0.1) is 12.2 Å². The molecular weight excluding hydrogens is 325 g/mol. The maximum absolute atomic E-state index is 13.5. The number of nitrogens with two attached hydrogens (primary N) is 1. The minimum atomic E-state index is -0.742. The summed E-state index contributed by atoms with van der Waals surface area (Å²) in [6.07, 6.45) is 3.70. The summed E-state index contributed by atoms with van der Waals surface area (Å²) in [7, 11) is 0. The van der Waals surface area contributed by atoms with E-state index in [9.17, 15) is 14.3 Å². The van der Waals surface area contributed by atoms with Gasteiger partial charge in [0, 0.05) is 30.9 Å². The van der Waals surface area contributed by atoms with E-state index >= 15 is 0 Å². The van der Waals surface area contributed by atoms with Crippen LogP contribution in [0.15, 0.2) is 11.3 Å². The average Bonchev–Trinajstić information content (AvgIpc) is 2.94. The molecule has 0 spiro atoms. The maximum Gasteiger partial charge on any atom is 0.337 e. The predicted molar refractivity (Wildman–Crippen MR) is 91.3 cm³/mol. The molecule has 4 unspecified atom stereocenters. The molecule has 25 heavy (non-hydrogen) atoms. The summed E-state index contributed by atoms with van der Waals surface area (Å²) in [5, 5.41) is 9.29. The topological polar surface area (TPSA) is 81.8 Å². The molecule has 3 aliphatic rings. The van der Waals surface area contributed by atoms with Crippen molar-refractivity contribution in [1.29, 1.82) is 0 Å². The first-order valence-corrected chi connectivity index (χ1v) is 9.63. The zero-order chi connectivity index (χ0) is 18.0. The second-order valence-electron chi connectivity index (χ2n) is 7.62. The maximum atomic E-state index is 13.5. The van der Waals surface area contributed by atoms with Gasteiger partial charge >= 0.3 is 5.97 Å². The number of carbonyl (C=O) groups is 1. The van der Waals surface area contributed by atoms with Gasteiger partial charge in [0.2, 0.25) is 0 Å². The molecule has 0 aromatic rings. The van der Waals surface area contributed by atoms with Crippen molar-refractivity contribution in [1.82, 2.24) is 0 Å². The number of hydrogen-bond acceptors (Lipinski definition) is 5. The second kappa shape index (κ2) is 8.04. The minimum absolute atomic E-state index is 0.0199. The molecular formula is C19H30FNO4. The third kappa shape index (κ3) is 3.85. The fourth-order valence-electron chi connectivity index (χ4n) is 4.71. The van der Waals surface area contributed by atoms with Gasteiger partial charge in [0.15, 0.2) is 0 Å². The first kappa shape index (κ1) is 18.6. The Balaban J connectivity index is 1.85. The number of esters is 1. The molecule has 1 heterocycles. The molecule has 5 nitrogen and oxygen atoms in total. The molecule has 2 fully saturated rings. The van der Waals surface area contributed by atoms with Crippen molar-refractivity contribution in [2.45, 2.75) is 70.2 Å². The van der Waals surface area contributed by atoms with E-state index in [1.54, 1.807) is 6.92 Å². The number of aliphatic hydroxyl groups is 1. The van der Waals surface area contributed by atoms with Gasteiger partial charge in [-0.3, -0.25) is 0 Å². The predicted octanol–water partition coefficient (Wildman–Crippen LogP) is 2.47. The van der Waals surface area contributed by atoms with Gasteiger partial charge < -0.3 is 20.3 Å². The summed E-state index contributed by atoms with van der Waals surface area (Å²) < 4.78 is 25.1. The SMILES string of the molecule is CCOC(=O)C1=C(C2CCC(F)CC2)OC2CC(N)C(CCO)CC12. The van der Waals surface area contributed by atoms with E-state index in [0.717, 1.165) is 12.2 Å². The zero-order valence-electron chi connectivity index (χ0n) is 15.0. The van der Waals surface area contributed by atoms with Crippen molar-refractivity contribution in [3.63, 3.8) is 0 Å². The molecule has 4 atom stereocenters. The molecule has 0 radical (unpaired) electrons. The van der Waals surface area contributed by atoms with Crippen LogP contribution in [0, 0.1) is 17.8 Å². The molecule has 0 aromatic carbocycles. The number of aliphatic hydroxyl groups excluding tert-OH is 1. The molecule has 0 saturated heterocycles. The van der Waals surface area contributed by atoms with Crippen LogP contribution in [0.3, 0.4) is 0 Å². The van der Waals surface area contributed by atoms with Crippen LogP contribution in [0.4, 0.5) is 4.39 Å². The van der Waals surface area contributed by atoms with E-state index in [1.165, 1.54) is 0 Å². The number of rotatable bonds is 5. The Bertz CT molecular complexity index is 516. The summed E-state index contributed by atoms with van der Waals surface area (Å²) >= 11 is 0. The molecule has 0 aromatic heterocycles. The van der Waals surface area contributed by atoms with Crippen LogP contribution in [0.1, 0.15) is 51.9 Å². The lowest BCUT2D eigenvalue weighted by molar-refractivity contribution is -0.139. The molecule has 0 amide bonds. The lowest BCUT2D eigenvalue weighted by atomic mass is 9.72. The number of allylic oxidation sites excluding steroid dienone is 1. The first-order chi connectivity index (χ1) is 12.0. The third-order valence-electron chi connectivity index (χ3n) is 6.05. The van der Waals surface area contributed by atoms with Gasteiger partial charge in [-0.2, -0.15) is 0 Å². The number of halogens is 1. The molecule has 1 aliphatic heterocycles. The highest BCUT2D eigenvalue weighted by Gasteiger charge is 2.48. The zero-order valence-corrected chi connectivity index (χ0v) is 15.0. The van der Waals surface area contributed by atoms with Gasteiger partial charge in [-0.1, -0.05) is 0 Å². The van der Waals surface area contributed by atoms with E-state index < -0.39 is 6.17 Å². The Labute approximate surface area is 148 Å². The van der Waals surface area contributed by atoms with Crippen LogP contribution in [0.2, 0.25) is 0 Å². The Morgan fingerprint density at radius 1 is 1.32 bits per heavy atom. The Kier molecular flexibility index (Phi) is 6.00. The molecule has 2 aliphatic carbocycles. The van der Waals surface area contributed by atoms with E-state index in [4.69, 9.17) is 15.2 Å². The standard InChI is InChI=1S/C19H30FNO4/c1-2-24-19(23)17-14-9-12(7-8-22)15(21)10-16(14)25-18(17)11-3-5-13(20)6-4-11/h11-16,22H,2-10,21H2,1H3. The highest BCUT2D eigenvalue weighted by molar-refractivity contribution is 5.90. The summed E-state index contributed by atoms with van der Waals surface area (Å²) in [4.78, 5) is 12.6. The summed E-state index contributed by atoms with van der Waals surface area (Å²) in [6, 6.07) is -0.0298. The van der Waals surface area contributed by atoms with E-state index in [-0.39, 0.29) is 42.5 Å². The molecule has 3 rings (SSSR count). The van der Waals surface area contributed by atoms with Gasteiger partial charge in [-0.15, -0.1) is 0 Å². The van der Waals surface area contributed by atoms with Crippen molar-refractivity contribution in [3.05, 3.63) is 11.3 Å². The highest BCUT2D eigenvalue weighted by atomic mass is 19.1. The minimum Gasteiger partial charge on any atom is -0.493 e. The Hall–Kier alpha value is -1.14. The fraction of sp³-hybridized carbons (Fsp3) is 0.842. The summed E-state index contributed by atoms with van der Waals surface area (Å²) in [5.41, 5.74) is 6.92. The number of ether oxygens (including phenoxy) is 2. The van der Waals surface area contributed by atoms with Gasteiger partial charge in [-0.25, -0.2) is 9.18 Å². The van der Waals surface area contributed by atoms with Crippen molar-refractivity contribution in [2.24, 2.45) is 23.5 Å². The fourth-order valence-corrected chi connectivity index (χ4v) is 4.71. The molecule has 142 valence electrons. The van der Waals surface area contributed by atoms with E-state index in [0.29, 0.717) is 50.7 Å².